The van der Waals surface area contributed by atoms with Crippen LogP contribution in [0, 0.1) is 0 Å². The molecule has 0 aliphatic rings. The van der Waals surface area contributed by atoms with Crippen molar-refractivity contribution in [3.63, 3.8) is 0 Å². The number of carbonyl (C=O) groups is 2. The van der Waals surface area contributed by atoms with Crippen LogP contribution < -0.4 is 0 Å². The molecule has 0 rings (SSSR count). The highest BCUT2D eigenvalue weighted by atomic mass is 16.6. The number of esters is 2. The molecule has 0 aromatic carbocycles. The van der Waals surface area contributed by atoms with E-state index in [2.05, 4.69) is 220 Å². The molecule has 1 atom stereocenters. The van der Waals surface area contributed by atoms with E-state index in [4.69, 9.17) is 9.47 Å². The normalized spacial score (nSPS) is 13.6. The van der Waals surface area contributed by atoms with Gasteiger partial charge in [0.25, 0.3) is 0 Å². The number of allylic oxidation sites excluding steroid dienone is 34. The summed E-state index contributed by atoms with van der Waals surface area (Å²) in [5, 5.41) is 9.70. The summed E-state index contributed by atoms with van der Waals surface area (Å²) in [6.45, 7) is 3.90. The van der Waals surface area contributed by atoms with Gasteiger partial charge in [-0.1, -0.05) is 317 Å². The Morgan fingerprint density at radius 2 is 0.465 bits per heavy atom. The maximum absolute atomic E-state index is 12.4. The number of ether oxygens (including phenoxy) is 2. The number of carbonyl (C=O) groups excluding carboxylic acids is 2. The molecule has 0 fully saturated rings. The second-order valence-electron chi connectivity index (χ2n) is 22.1. The van der Waals surface area contributed by atoms with Crippen LogP contribution in [-0.4, -0.2) is 36.4 Å². The Labute approximate surface area is 530 Å². The SMILES string of the molecule is CC/C=C\C/C=C\C/C=C\C/C=C\C/C=C\C/C=C\C/C=C\C/C=C\C/C=C\C/C=C\CCCCCCCCCCC(=O)OC(CO)COC(=O)CCCCCCCCCCCCC/C=C\C/C=C\C/C=C\C/C=C\C/C=C\C/C=C\C/C=C\CC. The zero-order valence-corrected chi connectivity index (χ0v) is 55.0. The summed E-state index contributed by atoms with van der Waals surface area (Å²) in [6.07, 6.45) is 118. The van der Waals surface area contributed by atoms with E-state index in [1.165, 1.54) is 89.9 Å². The van der Waals surface area contributed by atoms with E-state index in [1.807, 2.05) is 0 Å². The lowest BCUT2D eigenvalue weighted by Crippen LogP contribution is -2.28. The van der Waals surface area contributed by atoms with Gasteiger partial charge in [-0.05, 0) is 148 Å². The minimum atomic E-state index is -0.795. The highest BCUT2D eigenvalue weighted by Gasteiger charge is 2.16. The Morgan fingerprint density at radius 1 is 0.267 bits per heavy atom. The van der Waals surface area contributed by atoms with Gasteiger partial charge in [0.15, 0.2) is 6.10 Å². The highest BCUT2D eigenvalue weighted by molar-refractivity contribution is 5.70. The van der Waals surface area contributed by atoms with Crippen LogP contribution in [0.25, 0.3) is 0 Å². The van der Waals surface area contributed by atoms with Crippen molar-refractivity contribution < 1.29 is 24.2 Å². The van der Waals surface area contributed by atoms with Crippen LogP contribution in [0.2, 0.25) is 0 Å². The fraction of sp³-hybridized carbons (Fsp3) is 0.556. The van der Waals surface area contributed by atoms with E-state index in [0.29, 0.717) is 12.8 Å². The molecule has 0 aromatic rings. The van der Waals surface area contributed by atoms with Gasteiger partial charge in [-0.2, -0.15) is 0 Å². The van der Waals surface area contributed by atoms with Gasteiger partial charge in [-0.3, -0.25) is 9.59 Å². The van der Waals surface area contributed by atoms with E-state index < -0.39 is 6.10 Å². The topological polar surface area (TPSA) is 72.8 Å². The summed E-state index contributed by atoms with van der Waals surface area (Å²) in [6, 6.07) is 0. The average molecular weight is 1180 g/mol. The van der Waals surface area contributed by atoms with Crippen molar-refractivity contribution in [1.29, 1.82) is 0 Å². The van der Waals surface area contributed by atoms with Crippen LogP contribution in [0.1, 0.15) is 271 Å². The van der Waals surface area contributed by atoms with Crippen molar-refractivity contribution in [2.75, 3.05) is 13.2 Å². The lowest BCUT2D eigenvalue weighted by Gasteiger charge is -2.15. The second-order valence-corrected chi connectivity index (χ2v) is 22.1. The Kier molecular flexibility index (Phi) is 69.0. The van der Waals surface area contributed by atoms with Gasteiger partial charge in [0.2, 0.25) is 0 Å². The molecule has 480 valence electrons. The van der Waals surface area contributed by atoms with Crippen LogP contribution in [0.3, 0.4) is 0 Å². The molecule has 0 aliphatic heterocycles. The van der Waals surface area contributed by atoms with Gasteiger partial charge in [0, 0.05) is 12.8 Å². The largest absolute Gasteiger partial charge is 0.462 e. The van der Waals surface area contributed by atoms with Crippen molar-refractivity contribution in [3.05, 3.63) is 207 Å². The van der Waals surface area contributed by atoms with E-state index in [0.717, 1.165) is 154 Å². The van der Waals surface area contributed by atoms with Crippen molar-refractivity contribution >= 4 is 11.9 Å². The zero-order valence-electron chi connectivity index (χ0n) is 55.0. The first kappa shape index (κ1) is 80.5. The molecule has 86 heavy (non-hydrogen) atoms. The molecular weight excluding hydrogens is 1050 g/mol. The summed E-state index contributed by atoms with van der Waals surface area (Å²) < 4.78 is 10.7. The lowest BCUT2D eigenvalue weighted by atomic mass is 10.0. The van der Waals surface area contributed by atoms with Crippen molar-refractivity contribution in [2.45, 2.75) is 277 Å². The Bertz CT molecular complexity index is 2020. The van der Waals surface area contributed by atoms with Crippen LogP contribution >= 0.6 is 0 Å². The first-order valence-electron chi connectivity index (χ1n) is 34.6. The molecule has 0 saturated heterocycles. The van der Waals surface area contributed by atoms with Gasteiger partial charge < -0.3 is 14.6 Å². The van der Waals surface area contributed by atoms with Crippen molar-refractivity contribution in [1.82, 2.24) is 0 Å². The van der Waals surface area contributed by atoms with Crippen LogP contribution in [0.15, 0.2) is 207 Å². The minimum absolute atomic E-state index is 0.0830. The first-order valence-corrected chi connectivity index (χ1v) is 34.6. The Balaban J connectivity index is 3.61. The molecule has 1 N–H and O–H groups in total. The number of hydrogen-bond acceptors (Lipinski definition) is 5. The molecule has 0 radical (unpaired) electrons. The van der Waals surface area contributed by atoms with Crippen LogP contribution in [0.5, 0.6) is 0 Å². The maximum Gasteiger partial charge on any atom is 0.306 e. The molecule has 0 heterocycles. The smallest absolute Gasteiger partial charge is 0.306 e. The number of aliphatic hydroxyl groups excluding tert-OH is 1. The molecule has 5 nitrogen and oxygen atoms in total. The fourth-order valence-electron chi connectivity index (χ4n) is 8.98. The summed E-state index contributed by atoms with van der Waals surface area (Å²) in [5.41, 5.74) is 0. The zero-order chi connectivity index (χ0) is 61.9. The quantitative estimate of drug-likeness (QED) is 0.0373. The van der Waals surface area contributed by atoms with Crippen LogP contribution in [-0.2, 0) is 19.1 Å². The third kappa shape index (κ3) is 71.0. The molecule has 0 amide bonds. The summed E-state index contributed by atoms with van der Waals surface area (Å²) in [5.74, 6) is -0.614. The Hall–Kier alpha value is -5.52. The van der Waals surface area contributed by atoms with Gasteiger partial charge >= 0.3 is 11.9 Å². The van der Waals surface area contributed by atoms with Gasteiger partial charge in [-0.25, -0.2) is 0 Å². The maximum atomic E-state index is 12.4. The van der Waals surface area contributed by atoms with Gasteiger partial charge in [0.1, 0.15) is 6.61 Å². The number of rotatable bonds is 61. The molecule has 5 heteroatoms. The number of aliphatic hydroxyl groups is 1. The predicted octanol–water partition coefficient (Wildman–Crippen LogP) is 24.5. The van der Waals surface area contributed by atoms with E-state index in [1.54, 1.807) is 0 Å². The van der Waals surface area contributed by atoms with Crippen LogP contribution in [0.4, 0.5) is 0 Å². The molecule has 0 spiro atoms. The fourth-order valence-corrected chi connectivity index (χ4v) is 8.98. The first-order chi connectivity index (χ1) is 42.6. The molecular formula is C81H126O5. The lowest BCUT2D eigenvalue weighted by molar-refractivity contribution is -0.161. The Morgan fingerprint density at radius 3 is 0.698 bits per heavy atom. The predicted molar refractivity (Wildman–Crippen MR) is 379 cm³/mol. The van der Waals surface area contributed by atoms with Crippen molar-refractivity contribution in [3.8, 4) is 0 Å². The monoisotopic (exact) mass is 1180 g/mol. The van der Waals surface area contributed by atoms with Gasteiger partial charge in [0.05, 0.1) is 6.61 Å². The highest BCUT2D eigenvalue weighted by Crippen LogP contribution is 2.15. The molecule has 0 saturated carbocycles. The third-order valence-corrected chi connectivity index (χ3v) is 14.1. The minimum Gasteiger partial charge on any atom is -0.462 e. The van der Waals surface area contributed by atoms with E-state index in [-0.39, 0.29) is 25.2 Å². The second kappa shape index (κ2) is 73.7. The standard InChI is InChI=1S/C81H126O5/c1-3-5-7-9-11-13-15-17-19-21-23-25-27-29-31-33-35-37-38-39-40-41-42-44-46-48-50-52-54-56-58-60-62-64-66-68-70-72-74-76-81(84)86-79(77-82)78-85-80(83)75-73-71-69-67-65-63-61-59-57-55-53-51-49-47-45-43-36-34-32-30-28-26-24-22-20-18-16-14-12-10-8-6-4-2/h5-8,11-14,17-20,23-26,29-32,35-37,39-40,42-44,47-50,54,56,79,82H,3-4,9-10,15-16,21-22,27-28,33-34,38,41,45-46,51-53,55,57-78H2,1-2H3/b7-5-,8-6-,13-11-,14-12-,19-17-,20-18-,25-23-,26-24-,31-29-,32-30-,37-35-,40-39-,43-36-,44-42-,49-47-,50-48-,56-54-. The number of unbranched alkanes of at least 4 members (excludes halogenated alkanes) is 19. The molecule has 0 bridgehead atoms. The number of hydrogen-bond donors (Lipinski definition) is 1. The average Bonchev–Trinajstić information content (AvgIpc) is 3.55. The summed E-state index contributed by atoms with van der Waals surface area (Å²) >= 11 is 0. The van der Waals surface area contributed by atoms with Gasteiger partial charge in [-0.15, -0.1) is 0 Å². The van der Waals surface area contributed by atoms with Crippen molar-refractivity contribution in [2.24, 2.45) is 0 Å². The van der Waals surface area contributed by atoms with E-state index in [9.17, 15) is 14.7 Å². The summed E-state index contributed by atoms with van der Waals surface area (Å²) in [4.78, 5) is 24.7. The molecule has 0 aliphatic carbocycles. The third-order valence-electron chi connectivity index (χ3n) is 14.1. The van der Waals surface area contributed by atoms with E-state index >= 15 is 0 Å². The molecule has 0 aromatic heterocycles. The summed E-state index contributed by atoms with van der Waals surface area (Å²) in [7, 11) is 0. The molecule has 1 unspecified atom stereocenters.